The Morgan fingerprint density at radius 3 is 2.71 bits per heavy atom. The van der Waals surface area contributed by atoms with Crippen LogP contribution in [0.15, 0.2) is 36.8 Å². The summed E-state index contributed by atoms with van der Waals surface area (Å²) in [5, 5.41) is 19.2. The van der Waals surface area contributed by atoms with Crippen molar-refractivity contribution in [3.8, 4) is 17.7 Å². The van der Waals surface area contributed by atoms with E-state index in [1.54, 1.807) is 61.3 Å². The number of carbonyl (C=O) groups excluding carboxylic acids is 2. The van der Waals surface area contributed by atoms with E-state index in [9.17, 15) is 19.8 Å². The molecule has 3 heterocycles. The number of hydrogen-bond acceptors (Lipinski definition) is 7. The highest BCUT2D eigenvalue weighted by atomic mass is 16.5. The number of aliphatic hydroxyl groups is 2. The Bertz CT molecular complexity index is 1080. The van der Waals surface area contributed by atoms with Crippen molar-refractivity contribution in [3.63, 3.8) is 0 Å². The number of carbonyl (C=O) groups is 2. The van der Waals surface area contributed by atoms with Gasteiger partial charge in [-0.25, -0.2) is 4.98 Å². The Kier molecular flexibility index (Phi) is 8.21. The molecule has 180 valence electrons. The molecule has 0 aromatic carbocycles. The van der Waals surface area contributed by atoms with Gasteiger partial charge in [0, 0.05) is 49.2 Å². The molecule has 0 aliphatic carbocycles. The van der Waals surface area contributed by atoms with Gasteiger partial charge in [-0.05, 0) is 32.0 Å². The molecular weight excluding hydrogens is 436 g/mol. The molecule has 0 fully saturated rings. The summed E-state index contributed by atoms with van der Waals surface area (Å²) >= 11 is 0. The Hall–Kier alpha value is -3.48. The SMILES string of the molecule is C[C@@H](O)C#Cc1cnc2c(c1)C(=O)N([C@@H](C)CO)C[C@H](C)[C@H](CN(C)C(=O)c1ccncc1)O2. The topological polar surface area (TPSA) is 116 Å². The number of aliphatic hydroxyl groups excluding tert-OH is 2. The van der Waals surface area contributed by atoms with Crippen molar-refractivity contribution in [2.45, 2.75) is 39.0 Å². The number of fused-ring (bicyclic) bond motifs is 1. The van der Waals surface area contributed by atoms with Gasteiger partial charge in [0.1, 0.15) is 17.8 Å². The van der Waals surface area contributed by atoms with E-state index in [2.05, 4.69) is 21.8 Å². The minimum Gasteiger partial charge on any atom is -0.472 e. The second kappa shape index (κ2) is 11.1. The van der Waals surface area contributed by atoms with Gasteiger partial charge < -0.3 is 24.7 Å². The minimum absolute atomic E-state index is 0.143. The Labute approximate surface area is 199 Å². The first-order valence-corrected chi connectivity index (χ1v) is 11.1. The third-order valence-corrected chi connectivity index (χ3v) is 5.67. The fraction of sp³-hybridized carbons (Fsp3) is 0.440. The fourth-order valence-electron chi connectivity index (χ4n) is 3.64. The standard InChI is InChI=1S/C25H30N4O5/c1-16-13-29(17(2)15-30)25(33)21-11-19(6-5-18(3)31)12-27-23(21)34-22(16)14-28(4)24(32)20-7-9-26-10-8-20/h7-12,16-18,22,30-31H,13-15H2,1-4H3/t16-,17-,18+,22-/m0/s1. The predicted octanol–water partition coefficient (Wildman–Crippen LogP) is 1.20. The molecule has 2 aromatic rings. The van der Waals surface area contributed by atoms with E-state index in [1.807, 2.05) is 6.92 Å². The van der Waals surface area contributed by atoms with Crippen LogP contribution in [0.1, 0.15) is 47.1 Å². The summed E-state index contributed by atoms with van der Waals surface area (Å²) in [5.41, 5.74) is 1.20. The molecule has 1 aliphatic rings. The summed E-state index contributed by atoms with van der Waals surface area (Å²) < 4.78 is 6.19. The monoisotopic (exact) mass is 466 g/mol. The quantitative estimate of drug-likeness (QED) is 0.636. The molecule has 0 bridgehead atoms. The van der Waals surface area contributed by atoms with E-state index in [0.717, 1.165) is 0 Å². The van der Waals surface area contributed by atoms with E-state index in [0.29, 0.717) is 17.7 Å². The van der Waals surface area contributed by atoms with E-state index in [4.69, 9.17) is 4.74 Å². The number of amides is 2. The van der Waals surface area contributed by atoms with Gasteiger partial charge in [0.2, 0.25) is 5.88 Å². The van der Waals surface area contributed by atoms with Crippen molar-refractivity contribution in [1.82, 2.24) is 19.8 Å². The lowest BCUT2D eigenvalue weighted by Crippen LogP contribution is -2.50. The smallest absolute Gasteiger partial charge is 0.259 e. The largest absolute Gasteiger partial charge is 0.472 e. The molecule has 0 saturated heterocycles. The van der Waals surface area contributed by atoms with Crippen LogP contribution < -0.4 is 4.74 Å². The molecule has 0 spiro atoms. The lowest BCUT2D eigenvalue weighted by atomic mass is 9.99. The first-order valence-electron chi connectivity index (χ1n) is 11.1. The van der Waals surface area contributed by atoms with Crippen molar-refractivity contribution in [2.75, 3.05) is 26.7 Å². The van der Waals surface area contributed by atoms with E-state index < -0.39 is 18.2 Å². The molecule has 4 atom stereocenters. The van der Waals surface area contributed by atoms with E-state index in [1.165, 1.54) is 6.20 Å². The molecule has 2 N–H and O–H groups in total. The number of nitrogens with zero attached hydrogens (tertiary/aromatic N) is 4. The van der Waals surface area contributed by atoms with Crippen LogP contribution in [0.4, 0.5) is 0 Å². The number of aromatic nitrogens is 2. The van der Waals surface area contributed by atoms with Gasteiger partial charge in [-0.2, -0.15) is 0 Å². The zero-order valence-electron chi connectivity index (χ0n) is 19.8. The lowest BCUT2D eigenvalue weighted by Gasteiger charge is -2.37. The van der Waals surface area contributed by atoms with Crippen molar-refractivity contribution < 1.29 is 24.5 Å². The molecule has 2 amide bonds. The van der Waals surface area contributed by atoms with E-state index in [-0.39, 0.29) is 42.3 Å². The number of hydrogen-bond donors (Lipinski definition) is 2. The van der Waals surface area contributed by atoms with Gasteiger partial charge in [0.25, 0.3) is 11.8 Å². The van der Waals surface area contributed by atoms with Gasteiger partial charge in [-0.15, -0.1) is 0 Å². The molecule has 1 aliphatic heterocycles. The Balaban J connectivity index is 1.95. The third kappa shape index (κ3) is 5.90. The van der Waals surface area contributed by atoms with Crippen LogP contribution in [0.5, 0.6) is 5.88 Å². The van der Waals surface area contributed by atoms with Crippen LogP contribution in [0.3, 0.4) is 0 Å². The number of ether oxygens (including phenoxy) is 1. The number of rotatable bonds is 5. The maximum atomic E-state index is 13.4. The Morgan fingerprint density at radius 2 is 2.06 bits per heavy atom. The zero-order valence-corrected chi connectivity index (χ0v) is 19.8. The molecule has 0 saturated carbocycles. The van der Waals surface area contributed by atoms with Crippen LogP contribution in [-0.4, -0.2) is 86.8 Å². The van der Waals surface area contributed by atoms with Crippen molar-refractivity contribution >= 4 is 11.8 Å². The fourth-order valence-corrected chi connectivity index (χ4v) is 3.64. The highest BCUT2D eigenvalue weighted by Crippen LogP contribution is 2.27. The number of pyridine rings is 2. The third-order valence-electron chi connectivity index (χ3n) is 5.67. The molecule has 0 radical (unpaired) electrons. The summed E-state index contributed by atoms with van der Waals surface area (Å²) in [4.78, 5) is 37.7. The van der Waals surface area contributed by atoms with Crippen LogP contribution in [0.2, 0.25) is 0 Å². The van der Waals surface area contributed by atoms with Crippen molar-refractivity contribution in [1.29, 1.82) is 0 Å². The summed E-state index contributed by atoms with van der Waals surface area (Å²) in [6.45, 7) is 5.64. The average molecular weight is 467 g/mol. The van der Waals surface area contributed by atoms with Gasteiger partial charge in [0.15, 0.2) is 0 Å². The second-order valence-corrected chi connectivity index (χ2v) is 8.57. The first-order chi connectivity index (χ1) is 16.2. The van der Waals surface area contributed by atoms with Crippen molar-refractivity contribution in [3.05, 3.63) is 53.5 Å². The maximum absolute atomic E-state index is 13.4. The highest BCUT2D eigenvalue weighted by Gasteiger charge is 2.34. The zero-order chi connectivity index (χ0) is 24.8. The molecule has 2 aromatic heterocycles. The maximum Gasteiger partial charge on any atom is 0.259 e. The molecule has 3 rings (SSSR count). The molecular formula is C25H30N4O5. The number of likely N-dealkylation sites (N-methyl/N-ethyl adjacent to an activating group) is 1. The lowest BCUT2D eigenvalue weighted by molar-refractivity contribution is 0.0313. The van der Waals surface area contributed by atoms with Crippen LogP contribution in [0, 0.1) is 17.8 Å². The average Bonchev–Trinajstić information content (AvgIpc) is 2.84. The van der Waals surface area contributed by atoms with Gasteiger partial charge in [-0.1, -0.05) is 18.8 Å². The van der Waals surface area contributed by atoms with Gasteiger partial charge in [0.05, 0.1) is 19.2 Å². The van der Waals surface area contributed by atoms with Crippen molar-refractivity contribution in [2.24, 2.45) is 5.92 Å². The van der Waals surface area contributed by atoms with Crippen LogP contribution in [-0.2, 0) is 0 Å². The molecule has 34 heavy (non-hydrogen) atoms. The molecule has 9 heteroatoms. The first kappa shape index (κ1) is 25.1. The Morgan fingerprint density at radius 1 is 1.35 bits per heavy atom. The summed E-state index contributed by atoms with van der Waals surface area (Å²) in [6, 6.07) is 4.45. The summed E-state index contributed by atoms with van der Waals surface area (Å²) in [7, 11) is 1.69. The van der Waals surface area contributed by atoms with Gasteiger partial charge >= 0.3 is 0 Å². The molecule has 0 unspecified atom stereocenters. The summed E-state index contributed by atoms with van der Waals surface area (Å²) in [6.07, 6.45) is 3.33. The second-order valence-electron chi connectivity index (χ2n) is 8.57. The molecule has 9 nitrogen and oxygen atoms in total. The summed E-state index contributed by atoms with van der Waals surface area (Å²) in [5.74, 6) is 4.93. The minimum atomic E-state index is -0.821. The van der Waals surface area contributed by atoms with E-state index >= 15 is 0 Å². The van der Waals surface area contributed by atoms with Crippen LogP contribution >= 0.6 is 0 Å². The highest BCUT2D eigenvalue weighted by molar-refractivity contribution is 5.97. The van der Waals surface area contributed by atoms with Crippen LogP contribution in [0.25, 0.3) is 0 Å². The normalized spacial score (nSPS) is 19.5. The predicted molar refractivity (Wildman–Crippen MR) is 125 cm³/mol. The van der Waals surface area contributed by atoms with Gasteiger partial charge in [-0.3, -0.25) is 14.6 Å².